The molecule has 1 aliphatic carbocycles. The highest BCUT2D eigenvalue weighted by atomic mass is 79.9. The van der Waals surface area contributed by atoms with Crippen LogP contribution in [0.15, 0.2) is 27.6 Å². The Labute approximate surface area is 133 Å². The van der Waals surface area contributed by atoms with Crippen molar-refractivity contribution < 1.29 is 18.3 Å². The second kappa shape index (κ2) is 7.69. The molecule has 0 spiro atoms. The van der Waals surface area contributed by atoms with E-state index in [4.69, 9.17) is 9.84 Å². The van der Waals surface area contributed by atoms with E-state index in [2.05, 4.69) is 20.7 Å². The Bertz CT molecular complexity index is 572. The number of ether oxygens (including phenoxy) is 1. The van der Waals surface area contributed by atoms with Crippen LogP contribution in [-0.4, -0.2) is 33.3 Å². The van der Waals surface area contributed by atoms with Gasteiger partial charge in [0.1, 0.15) is 0 Å². The monoisotopic (exact) mass is 377 g/mol. The van der Waals surface area contributed by atoms with Crippen molar-refractivity contribution in [3.63, 3.8) is 0 Å². The molecule has 0 aliphatic heterocycles. The topological polar surface area (TPSA) is 75.6 Å². The number of aliphatic hydroxyl groups excluding tert-OH is 1. The molecule has 21 heavy (non-hydrogen) atoms. The standard InChI is InChI=1S/C14H20BrNO4S/c15-13-8-12(9-17)4-5-14(13)21(18,19)16-6-1-7-20-10-11-2-3-11/h4-5,8,11,16-17H,1-3,6-7,9-10H2. The lowest BCUT2D eigenvalue weighted by Crippen LogP contribution is -2.26. The van der Waals surface area contributed by atoms with Gasteiger partial charge in [-0.3, -0.25) is 0 Å². The predicted molar refractivity (Wildman–Crippen MR) is 83.4 cm³/mol. The molecule has 2 N–H and O–H groups in total. The number of rotatable bonds is 9. The Morgan fingerprint density at radius 3 is 2.76 bits per heavy atom. The average Bonchev–Trinajstić information content (AvgIpc) is 3.26. The summed E-state index contributed by atoms with van der Waals surface area (Å²) in [7, 11) is -3.54. The largest absolute Gasteiger partial charge is 0.392 e. The molecule has 1 aromatic carbocycles. The number of benzene rings is 1. The molecule has 0 amide bonds. The summed E-state index contributed by atoms with van der Waals surface area (Å²) in [5.41, 5.74) is 0.661. The van der Waals surface area contributed by atoms with Gasteiger partial charge in [0.2, 0.25) is 10.0 Å². The lowest BCUT2D eigenvalue weighted by atomic mass is 10.2. The molecule has 0 unspecified atom stereocenters. The van der Waals surface area contributed by atoms with Crippen LogP contribution in [0.3, 0.4) is 0 Å². The minimum atomic E-state index is -3.54. The fraction of sp³-hybridized carbons (Fsp3) is 0.571. The van der Waals surface area contributed by atoms with Crippen molar-refractivity contribution in [2.45, 2.75) is 30.8 Å². The second-order valence-electron chi connectivity index (χ2n) is 5.19. The SMILES string of the molecule is O=S(=O)(NCCCOCC1CC1)c1ccc(CO)cc1Br. The molecule has 0 atom stereocenters. The number of sulfonamides is 1. The van der Waals surface area contributed by atoms with Crippen molar-refractivity contribution >= 4 is 26.0 Å². The summed E-state index contributed by atoms with van der Waals surface area (Å²) in [5, 5.41) is 9.02. The molecular formula is C14H20BrNO4S. The van der Waals surface area contributed by atoms with E-state index in [-0.39, 0.29) is 11.5 Å². The van der Waals surface area contributed by atoms with Crippen molar-refractivity contribution in [2.75, 3.05) is 19.8 Å². The van der Waals surface area contributed by atoms with E-state index in [1.807, 2.05) is 0 Å². The lowest BCUT2D eigenvalue weighted by Gasteiger charge is -2.09. The molecule has 1 fully saturated rings. The highest BCUT2D eigenvalue weighted by Crippen LogP contribution is 2.28. The van der Waals surface area contributed by atoms with Gasteiger partial charge in [-0.25, -0.2) is 13.1 Å². The van der Waals surface area contributed by atoms with Crippen LogP contribution in [0.1, 0.15) is 24.8 Å². The Kier molecular flexibility index (Phi) is 6.19. The Hall–Kier alpha value is -0.470. The van der Waals surface area contributed by atoms with Gasteiger partial charge in [0.25, 0.3) is 0 Å². The van der Waals surface area contributed by atoms with Crippen molar-refractivity contribution in [3.8, 4) is 0 Å². The van der Waals surface area contributed by atoms with Crippen LogP contribution in [0.5, 0.6) is 0 Å². The molecule has 0 saturated heterocycles. The summed E-state index contributed by atoms with van der Waals surface area (Å²) in [5.74, 6) is 0.725. The second-order valence-corrected chi connectivity index (χ2v) is 7.78. The molecule has 1 aliphatic rings. The smallest absolute Gasteiger partial charge is 0.241 e. The van der Waals surface area contributed by atoms with E-state index in [1.54, 1.807) is 12.1 Å². The normalized spacial score (nSPS) is 15.3. The van der Waals surface area contributed by atoms with Crippen LogP contribution in [-0.2, 0) is 21.4 Å². The van der Waals surface area contributed by atoms with Crippen LogP contribution < -0.4 is 4.72 Å². The maximum Gasteiger partial charge on any atom is 0.241 e. The predicted octanol–water partition coefficient (Wildman–Crippen LogP) is 2.04. The zero-order chi connectivity index (χ0) is 15.3. The van der Waals surface area contributed by atoms with Gasteiger partial charge in [-0.1, -0.05) is 6.07 Å². The third kappa shape index (κ3) is 5.34. The highest BCUT2D eigenvalue weighted by molar-refractivity contribution is 9.10. The van der Waals surface area contributed by atoms with Crippen LogP contribution in [0.2, 0.25) is 0 Å². The molecule has 0 heterocycles. The van der Waals surface area contributed by atoms with Crippen molar-refractivity contribution in [1.82, 2.24) is 4.72 Å². The van der Waals surface area contributed by atoms with Crippen molar-refractivity contribution in [3.05, 3.63) is 28.2 Å². The molecule has 0 aromatic heterocycles. The third-order valence-corrected chi connectivity index (χ3v) is 5.71. The molecule has 0 radical (unpaired) electrons. The quantitative estimate of drug-likeness (QED) is 0.645. The first-order valence-electron chi connectivity index (χ1n) is 6.99. The number of hydrogen-bond donors (Lipinski definition) is 2. The zero-order valence-electron chi connectivity index (χ0n) is 11.7. The van der Waals surface area contributed by atoms with Crippen molar-refractivity contribution in [1.29, 1.82) is 0 Å². The summed E-state index contributed by atoms with van der Waals surface area (Å²) < 4.78 is 32.8. The molecule has 2 rings (SSSR count). The van der Waals surface area contributed by atoms with Crippen molar-refractivity contribution in [2.24, 2.45) is 5.92 Å². The maximum atomic E-state index is 12.2. The third-order valence-electron chi connectivity index (χ3n) is 3.28. The summed E-state index contributed by atoms with van der Waals surface area (Å²) in [4.78, 5) is 0.179. The first-order chi connectivity index (χ1) is 10.0. The number of hydrogen-bond acceptors (Lipinski definition) is 4. The number of aliphatic hydroxyl groups is 1. The van der Waals surface area contributed by atoms with Gasteiger partial charge in [0.15, 0.2) is 0 Å². The van der Waals surface area contributed by atoms with Gasteiger partial charge in [-0.2, -0.15) is 0 Å². The molecule has 1 saturated carbocycles. The minimum absolute atomic E-state index is 0.120. The van der Waals surface area contributed by atoms with Crippen LogP contribution >= 0.6 is 15.9 Å². The number of halogens is 1. The summed E-state index contributed by atoms with van der Waals surface area (Å²) in [6.07, 6.45) is 3.16. The summed E-state index contributed by atoms with van der Waals surface area (Å²) in [6.45, 7) is 1.59. The lowest BCUT2D eigenvalue weighted by molar-refractivity contribution is 0.123. The first-order valence-corrected chi connectivity index (χ1v) is 9.27. The fourth-order valence-electron chi connectivity index (χ4n) is 1.85. The summed E-state index contributed by atoms with van der Waals surface area (Å²) in [6, 6.07) is 4.69. The first kappa shape index (κ1) is 16.9. The Morgan fingerprint density at radius 1 is 1.38 bits per heavy atom. The molecule has 5 nitrogen and oxygen atoms in total. The van der Waals surface area contributed by atoms with E-state index in [0.29, 0.717) is 29.6 Å². The van der Waals surface area contributed by atoms with Gasteiger partial charge >= 0.3 is 0 Å². The average molecular weight is 378 g/mol. The molecular weight excluding hydrogens is 358 g/mol. The Balaban J connectivity index is 1.80. The van der Waals surface area contributed by atoms with Gasteiger partial charge in [0.05, 0.1) is 11.5 Å². The van der Waals surface area contributed by atoms with Crippen LogP contribution in [0.4, 0.5) is 0 Å². The van der Waals surface area contributed by atoms with E-state index in [1.165, 1.54) is 18.9 Å². The van der Waals surface area contributed by atoms with E-state index >= 15 is 0 Å². The number of nitrogens with one attached hydrogen (secondary N) is 1. The van der Waals surface area contributed by atoms with E-state index < -0.39 is 10.0 Å². The van der Waals surface area contributed by atoms with E-state index in [9.17, 15) is 8.42 Å². The molecule has 1 aromatic rings. The molecule has 7 heteroatoms. The Morgan fingerprint density at radius 2 is 2.14 bits per heavy atom. The summed E-state index contributed by atoms with van der Waals surface area (Å²) >= 11 is 3.23. The fourth-order valence-corrected chi connectivity index (χ4v) is 4.05. The van der Waals surface area contributed by atoms with Gasteiger partial charge in [-0.05, 0) is 58.8 Å². The maximum absolute atomic E-state index is 12.2. The minimum Gasteiger partial charge on any atom is -0.392 e. The van der Waals surface area contributed by atoms with Crippen LogP contribution in [0.25, 0.3) is 0 Å². The zero-order valence-corrected chi connectivity index (χ0v) is 14.1. The highest BCUT2D eigenvalue weighted by Gasteiger charge is 2.21. The molecule has 118 valence electrons. The molecule has 0 bridgehead atoms. The van der Waals surface area contributed by atoms with Gasteiger partial charge in [0, 0.05) is 24.2 Å². The van der Waals surface area contributed by atoms with Gasteiger partial charge < -0.3 is 9.84 Å². The van der Waals surface area contributed by atoms with E-state index in [0.717, 1.165) is 12.5 Å². The van der Waals surface area contributed by atoms with Gasteiger partial charge in [-0.15, -0.1) is 0 Å². The van der Waals surface area contributed by atoms with Crippen LogP contribution in [0, 0.1) is 5.92 Å².